The third kappa shape index (κ3) is 4.77. The molecule has 0 aliphatic carbocycles. The standard InChI is InChI=1S/C17H24FNO5S/c1-3-24-17(20)13-8-9-19(10-11-23-2)16(12-13)25(21,22)15-6-4-14(18)5-7-15/h4-7,13,16H,3,8-12H2,1-2H3. The molecule has 1 fully saturated rings. The van der Waals surface area contributed by atoms with Gasteiger partial charge in [0.05, 0.1) is 24.0 Å². The number of piperidine rings is 1. The first-order chi connectivity index (χ1) is 11.9. The zero-order valence-corrected chi connectivity index (χ0v) is 15.3. The smallest absolute Gasteiger partial charge is 0.309 e. The number of likely N-dealkylation sites (tertiary alicyclic amines) is 1. The Morgan fingerprint density at radius 1 is 1.32 bits per heavy atom. The third-order valence-electron chi connectivity index (χ3n) is 4.36. The lowest BCUT2D eigenvalue weighted by Gasteiger charge is -2.37. The minimum Gasteiger partial charge on any atom is -0.466 e. The Morgan fingerprint density at radius 2 is 2.00 bits per heavy atom. The summed E-state index contributed by atoms with van der Waals surface area (Å²) in [7, 11) is -2.19. The average molecular weight is 373 g/mol. The van der Waals surface area contributed by atoms with Gasteiger partial charge in [-0.25, -0.2) is 12.8 Å². The van der Waals surface area contributed by atoms with E-state index in [0.717, 1.165) is 12.1 Å². The summed E-state index contributed by atoms with van der Waals surface area (Å²) in [6, 6.07) is 4.76. The van der Waals surface area contributed by atoms with Crippen LogP contribution in [0.5, 0.6) is 0 Å². The number of carbonyl (C=O) groups is 1. The van der Waals surface area contributed by atoms with Crippen molar-refractivity contribution in [2.75, 3.05) is 33.4 Å². The van der Waals surface area contributed by atoms with E-state index in [9.17, 15) is 17.6 Å². The van der Waals surface area contributed by atoms with Crippen LogP contribution in [0.3, 0.4) is 0 Å². The van der Waals surface area contributed by atoms with Gasteiger partial charge in [-0.05, 0) is 44.0 Å². The Kier molecular flexibility index (Phi) is 6.92. The van der Waals surface area contributed by atoms with Crippen molar-refractivity contribution in [2.45, 2.75) is 30.0 Å². The zero-order valence-electron chi connectivity index (χ0n) is 14.5. The van der Waals surface area contributed by atoms with E-state index in [4.69, 9.17) is 9.47 Å². The van der Waals surface area contributed by atoms with Crippen LogP contribution in [-0.4, -0.2) is 58.1 Å². The van der Waals surface area contributed by atoms with Crippen LogP contribution in [0.25, 0.3) is 0 Å². The number of ether oxygens (including phenoxy) is 2. The number of rotatable bonds is 7. The number of hydrogen-bond donors (Lipinski definition) is 0. The maximum absolute atomic E-state index is 13.1. The Balaban J connectivity index is 2.28. The Bertz CT molecular complexity index is 677. The van der Waals surface area contributed by atoms with Crippen molar-refractivity contribution in [1.29, 1.82) is 0 Å². The van der Waals surface area contributed by atoms with E-state index >= 15 is 0 Å². The fourth-order valence-corrected chi connectivity index (χ4v) is 4.94. The number of nitrogens with zero attached hydrogens (tertiary/aromatic N) is 1. The molecule has 0 saturated carbocycles. The maximum atomic E-state index is 13.1. The molecule has 2 atom stereocenters. The van der Waals surface area contributed by atoms with Crippen molar-refractivity contribution in [3.05, 3.63) is 30.1 Å². The quantitative estimate of drug-likeness (QED) is 0.536. The molecule has 0 aromatic heterocycles. The molecular weight excluding hydrogens is 349 g/mol. The lowest BCUT2D eigenvalue weighted by molar-refractivity contribution is -0.149. The van der Waals surface area contributed by atoms with Crippen molar-refractivity contribution in [3.63, 3.8) is 0 Å². The van der Waals surface area contributed by atoms with Gasteiger partial charge in [0.2, 0.25) is 0 Å². The summed E-state index contributed by atoms with van der Waals surface area (Å²) in [5.74, 6) is -1.32. The van der Waals surface area contributed by atoms with Crippen molar-refractivity contribution in [2.24, 2.45) is 5.92 Å². The van der Waals surface area contributed by atoms with Crippen LogP contribution in [0.4, 0.5) is 4.39 Å². The third-order valence-corrected chi connectivity index (χ3v) is 6.50. The highest BCUT2D eigenvalue weighted by atomic mass is 32.2. The minimum absolute atomic E-state index is 0.0471. The fraction of sp³-hybridized carbons (Fsp3) is 0.588. The largest absolute Gasteiger partial charge is 0.466 e. The predicted octanol–water partition coefficient (Wildman–Crippen LogP) is 1.85. The van der Waals surface area contributed by atoms with Gasteiger partial charge in [0.1, 0.15) is 11.2 Å². The summed E-state index contributed by atoms with van der Waals surface area (Å²) in [6.07, 6.45) is 0.695. The molecule has 1 heterocycles. The molecule has 1 aliphatic heterocycles. The molecule has 1 saturated heterocycles. The summed E-state index contributed by atoms with van der Waals surface area (Å²) in [5.41, 5.74) is 0. The van der Waals surface area contributed by atoms with Crippen molar-refractivity contribution < 1.29 is 27.1 Å². The molecule has 0 spiro atoms. The highest BCUT2D eigenvalue weighted by Gasteiger charge is 2.40. The molecule has 140 valence electrons. The topological polar surface area (TPSA) is 72.9 Å². The zero-order chi connectivity index (χ0) is 18.4. The fourth-order valence-electron chi connectivity index (χ4n) is 3.02. The predicted molar refractivity (Wildman–Crippen MR) is 90.2 cm³/mol. The Morgan fingerprint density at radius 3 is 2.60 bits per heavy atom. The van der Waals surface area contributed by atoms with Gasteiger partial charge >= 0.3 is 5.97 Å². The molecule has 6 nitrogen and oxygen atoms in total. The van der Waals surface area contributed by atoms with Crippen molar-refractivity contribution in [1.82, 2.24) is 4.90 Å². The second-order valence-corrected chi connectivity index (χ2v) is 8.06. The number of benzene rings is 1. The Hall–Kier alpha value is -1.51. The highest BCUT2D eigenvalue weighted by molar-refractivity contribution is 7.92. The molecule has 8 heteroatoms. The molecular formula is C17H24FNO5S. The van der Waals surface area contributed by atoms with Crippen LogP contribution in [-0.2, 0) is 24.1 Å². The summed E-state index contributed by atoms with van der Waals surface area (Å²) >= 11 is 0. The van der Waals surface area contributed by atoms with Gasteiger partial charge in [-0.15, -0.1) is 0 Å². The summed E-state index contributed by atoms with van der Waals surface area (Å²) in [6.45, 7) is 3.27. The molecule has 2 unspecified atom stereocenters. The number of sulfone groups is 1. The molecule has 25 heavy (non-hydrogen) atoms. The molecule has 0 amide bonds. The average Bonchev–Trinajstić information content (AvgIpc) is 2.60. The van der Waals surface area contributed by atoms with Crippen LogP contribution >= 0.6 is 0 Å². The maximum Gasteiger partial charge on any atom is 0.309 e. The lowest BCUT2D eigenvalue weighted by Crippen LogP contribution is -2.49. The molecule has 1 aliphatic rings. The van der Waals surface area contributed by atoms with Crippen molar-refractivity contribution >= 4 is 15.8 Å². The summed E-state index contributed by atoms with van der Waals surface area (Å²) in [4.78, 5) is 13.9. The van der Waals surface area contributed by atoms with Gasteiger partial charge in [-0.2, -0.15) is 0 Å². The van der Waals surface area contributed by atoms with Crippen LogP contribution in [0.1, 0.15) is 19.8 Å². The number of esters is 1. The number of halogens is 1. The normalized spacial score (nSPS) is 21.9. The van der Waals surface area contributed by atoms with Crippen LogP contribution in [0.15, 0.2) is 29.2 Å². The monoisotopic (exact) mass is 373 g/mol. The first kappa shape index (κ1) is 19.8. The van der Waals surface area contributed by atoms with Gasteiger partial charge in [-0.1, -0.05) is 0 Å². The summed E-state index contributed by atoms with van der Waals surface area (Å²) < 4.78 is 49.3. The molecule has 1 aromatic rings. The number of hydrogen-bond acceptors (Lipinski definition) is 6. The van der Waals surface area contributed by atoms with Crippen molar-refractivity contribution in [3.8, 4) is 0 Å². The molecule has 1 aromatic carbocycles. The number of carbonyl (C=O) groups excluding carboxylic acids is 1. The SMILES string of the molecule is CCOC(=O)C1CCN(CCOC)C(S(=O)(=O)c2ccc(F)cc2)C1. The van der Waals surface area contributed by atoms with E-state index < -0.39 is 26.9 Å². The van der Waals surface area contributed by atoms with E-state index in [0.29, 0.717) is 26.1 Å². The molecule has 0 N–H and O–H groups in total. The van der Waals surface area contributed by atoms with Crippen LogP contribution < -0.4 is 0 Å². The van der Waals surface area contributed by atoms with E-state index in [-0.39, 0.29) is 23.9 Å². The highest BCUT2D eigenvalue weighted by Crippen LogP contribution is 2.31. The lowest BCUT2D eigenvalue weighted by atomic mass is 9.97. The number of methoxy groups -OCH3 is 1. The van der Waals surface area contributed by atoms with E-state index in [1.165, 1.54) is 12.1 Å². The molecule has 2 rings (SSSR count). The van der Waals surface area contributed by atoms with E-state index in [1.807, 2.05) is 0 Å². The van der Waals surface area contributed by atoms with Gasteiger partial charge < -0.3 is 9.47 Å². The minimum atomic E-state index is -3.74. The van der Waals surface area contributed by atoms with E-state index in [1.54, 1.807) is 18.9 Å². The first-order valence-corrected chi connectivity index (χ1v) is 9.83. The van der Waals surface area contributed by atoms with Gasteiger partial charge in [0.15, 0.2) is 9.84 Å². The molecule has 0 bridgehead atoms. The van der Waals surface area contributed by atoms with E-state index in [2.05, 4.69) is 0 Å². The summed E-state index contributed by atoms with van der Waals surface area (Å²) in [5, 5.41) is -0.865. The van der Waals surface area contributed by atoms with Crippen LogP contribution in [0, 0.1) is 11.7 Å². The van der Waals surface area contributed by atoms with Gasteiger partial charge in [0.25, 0.3) is 0 Å². The van der Waals surface area contributed by atoms with Crippen LogP contribution in [0.2, 0.25) is 0 Å². The molecule has 0 radical (unpaired) electrons. The second-order valence-electron chi connectivity index (χ2n) is 5.96. The van der Waals surface area contributed by atoms with Gasteiger partial charge in [0, 0.05) is 20.2 Å². The van der Waals surface area contributed by atoms with Gasteiger partial charge in [-0.3, -0.25) is 9.69 Å². The second kappa shape index (κ2) is 8.73. The first-order valence-electron chi connectivity index (χ1n) is 8.29. The Labute approximate surface area is 147 Å².